The highest BCUT2D eigenvalue weighted by atomic mass is 32.2. The van der Waals surface area contributed by atoms with Crippen LogP contribution in [0.5, 0.6) is 0 Å². The zero-order chi connectivity index (χ0) is 15.7. The minimum absolute atomic E-state index is 0.0651. The molecule has 2 aliphatic rings. The second-order valence-electron chi connectivity index (χ2n) is 5.64. The van der Waals surface area contributed by atoms with Crippen molar-refractivity contribution in [3.8, 4) is 0 Å². The van der Waals surface area contributed by atoms with Gasteiger partial charge in [0.05, 0.1) is 11.5 Å². The molecule has 0 unspecified atom stereocenters. The van der Waals surface area contributed by atoms with Gasteiger partial charge in [-0.25, -0.2) is 8.42 Å². The molecule has 0 N–H and O–H groups in total. The number of carbonyl (C=O) groups is 1. The normalized spacial score (nSPS) is 19.8. The number of anilines is 1. The van der Waals surface area contributed by atoms with E-state index in [-0.39, 0.29) is 10.8 Å². The lowest BCUT2D eigenvalue weighted by atomic mass is 10.0. The number of nitrogens with zero attached hydrogens (tertiary/aromatic N) is 2. The number of benzene rings is 1. The molecule has 1 saturated heterocycles. The summed E-state index contributed by atoms with van der Waals surface area (Å²) in [6.07, 6.45) is 3.42. The van der Waals surface area contributed by atoms with E-state index in [1.54, 1.807) is 23.1 Å². The molecule has 1 fully saturated rings. The minimum Gasteiger partial charge on any atom is -0.312 e. The van der Waals surface area contributed by atoms with Gasteiger partial charge < -0.3 is 4.90 Å². The van der Waals surface area contributed by atoms with E-state index in [2.05, 4.69) is 0 Å². The third kappa shape index (κ3) is 2.76. The summed E-state index contributed by atoms with van der Waals surface area (Å²) in [5, 5.41) is 0. The van der Waals surface area contributed by atoms with Crippen LogP contribution >= 0.6 is 0 Å². The lowest BCUT2D eigenvalue weighted by Gasteiger charge is -2.30. The van der Waals surface area contributed by atoms with E-state index < -0.39 is 10.0 Å². The summed E-state index contributed by atoms with van der Waals surface area (Å²) >= 11 is 0. The van der Waals surface area contributed by atoms with E-state index in [1.807, 2.05) is 0 Å². The lowest BCUT2D eigenvalue weighted by molar-refractivity contribution is -0.116. The number of hydroxylamine groups is 1. The number of hydrogen-bond donors (Lipinski definition) is 0. The minimum atomic E-state index is -3.67. The first-order valence-corrected chi connectivity index (χ1v) is 9.01. The quantitative estimate of drug-likeness (QED) is 0.830. The maximum atomic E-state index is 12.6. The molecule has 120 valence electrons. The first-order chi connectivity index (χ1) is 10.5. The summed E-state index contributed by atoms with van der Waals surface area (Å²) in [6.45, 7) is 2.93. The van der Waals surface area contributed by atoms with Crippen LogP contribution < -0.4 is 4.90 Å². The fraction of sp³-hybridized carbons (Fsp3) is 0.533. The highest BCUT2D eigenvalue weighted by molar-refractivity contribution is 7.89. The molecule has 0 spiro atoms. The number of amides is 1. The molecule has 0 atom stereocenters. The van der Waals surface area contributed by atoms with Crippen molar-refractivity contribution in [1.82, 2.24) is 4.47 Å². The molecule has 2 aliphatic heterocycles. The van der Waals surface area contributed by atoms with Crippen molar-refractivity contribution >= 4 is 21.6 Å². The third-order valence-electron chi connectivity index (χ3n) is 4.09. The second kappa shape index (κ2) is 5.98. The van der Waals surface area contributed by atoms with E-state index in [1.165, 1.54) is 6.92 Å². The van der Waals surface area contributed by atoms with E-state index in [9.17, 15) is 13.2 Å². The van der Waals surface area contributed by atoms with Gasteiger partial charge >= 0.3 is 0 Å². The van der Waals surface area contributed by atoms with Gasteiger partial charge in [0.2, 0.25) is 5.91 Å². The molecule has 1 amide bonds. The van der Waals surface area contributed by atoms with Crippen molar-refractivity contribution in [2.24, 2.45) is 0 Å². The van der Waals surface area contributed by atoms with Crippen molar-refractivity contribution in [3.63, 3.8) is 0 Å². The highest BCUT2D eigenvalue weighted by Crippen LogP contribution is 2.31. The zero-order valence-corrected chi connectivity index (χ0v) is 13.4. The Kier molecular flexibility index (Phi) is 4.20. The number of sulfonamides is 1. The monoisotopic (exact) mass is 324 g/mol. The van der Waals surface area contributed by atoms with Gasteiger partial charge in [0, 0.05) is 25.7 Å². The topological polar surface area (TPSA) is 66.9 Å². The Balaban J connectivity index is 1.98. The summed E-state index contributed by atoms with van der Waals surface area (Å²) in [6, 6.07) is 5.01. The Morgan fingerprint density at radius 3 is 2.68 bits per heavy atom. The molecular weight excluding hydrogens is 304 g/mol. The van der Waals surface area contributed by atoms with Gasteiger partial charge in [0.15, 0.2) is 0 Å². The van der Waals surface area contributed by atoms with Crippen molar-refractivity contribution < 1.29 is 18.0 Å². The number of fused-ring (bicyclic) bond motifs is 1. The van der Waals surface area contributed by atoms with Gasteiger partial charge in [-0.05, 0) is 43.4 Å². The van der Waals surface area contributed by atoms with Crippen molar-refractivity contribution in [1.29, 1.82) is 0 Å². The molecule has 7 heteroatoms. The fourth-order valence-corrected chi connectivity index (χ4v) is 4.24. The van der Waals surface area contributed by atoms with Gasteiger partial charge in [0.1, 0.15) is 0 Å². The molecule has 0 aliphatic carbocycles. The number of hydrogen-bond acceptors (Lipinski definition) is 4. The Bertz CT molecular complexity index is 681. The molecule has 3 rings (SSSR count). The van der Waals surface area contributed by atoms with Crippen LogP contribution in [0.15, 0.2) is 23.1 Å². The average molecular weight is 324 g/mol. The Morgan fingerprint density at radius 2 is 2.00 bits per heavy atom. The molecule has 0 saturated carbocycles. The molecular formula is C15H20N2O4S. The first kappa shape index (κ1) is 15.5. The standard InChI is InChI=1S/C15H20N2O4S/c1-12(18)16-8-4-5-13-6-7-14(11-15(13)16)22(19,20)17-9-2-3-10-21-17/h6-7,11H,2-5,8-10H2,1H3. The van der Waals surface area contributed by atoms with Crippen molar-refractivity contribution in [3.05, 3.63) is 23.8 Å². The summed E-state index contributed by atoms with van der Waals surface area (Å²) in [5.41, 5.74) is 1.72. The summed E-state index contributed by atoms with van der Waals surface area (Å²) < 4.78 is 26.4. The largest absolute Gasteiger partial charge is 0.312 e. The summed E-state index contributed by atoms with van der Waals surface area (Å²) in [7, 11) is -3.67. The zero-order valence-electron chi connectivity index (χ0n) is 12.6. The molecule has 1 aromatic carbocycles. The van der Waals surface area contributed by atoms with E-state index >= 15 is 0 Å². The molecule has 2 heterocycles. The van der Waals surface area contributed by atoms with Crippen LogP contribution in [0, 0.1) is 0 Å². The molecule has 22 heavy (non-hydrogen) atoms. The molecule has 0 bridgehead atoms. The molecule has 6 nitrogen and oxygen atoms in total. The summed E-state index contributed by atoms with van der Waals surface area (Å²) in [4.78, 5) is 18.9. The van der Waals surface area contributed by atoms with Gasteiger partial charge in [-0.15, -0.1) is 0 Å². The molecule has 0 radical (unpaired) electrons. The third-order valence-corrected chi connectivity index (χ3v) is 5.77. The lowest BCUT2D eigenvalue weighted by Crippen LogP contribution is -2.36. The van der Waals surface area contributed by atoms with Crippen molar-refractivity contribution in [2.75, 3.05) is 24.6 Å². The Labute approximate surface area is 130 Å². The second-order valence-corrected chi connectivity index (χ2v) is 7.47. The van der Waals surface area contributed by atoms with Crippen LogP contribution in [0.3, 0.4) is 0 Å². The maximum absolute atomic E-state index is 12.6. The number of aryl methyl sites for hydroxylation is 1. The first-order valence-electron chi connectivity index (χ1n) is 7.57. The van der Waals surface area contributed by atoms with Crippen LogP contribution in [0.1, 0.15) is 31.7 Å². The van der Waals surface area contributed by atoms with E-state index in [0.29, 0.717) is 25.4 Å². The van der Waals surface area contributed by atoms with E-state index in [0.717, 1.165) is 35.7 Å². The van der Waals surface area contributed by atoms with Gasteiger partial charge in [0.25, 0.3) is 10.0 Å². The SMILES string of the molecule is CC(=O)N1CCCc2ccc(S(=O)(=O)N3CCCCO3)cc21. The average Bonchev–Trinajstić information content (AvgIpc) is 2.54. The predicted molar refractivity (Wildman–Crippen MR) is 81.9 cm³/mol. The smallest absolute Gasteiger partial charge is 0.265 e. The molecule has 0 aromatic heterocycles. The van der Waals surface area contributed by atoms with Crippen LogP contribution in [0.25, 0.3) is 0 Å². The Hall–Kier alpha value is -1.44. The van der Waals surface area contributed by atoms with Crippen LogP contribution in [-0.4, -0.2) is 38.5 Å². The van der Waals surface area contributed by atoms with Crippen LogP contribution in [-0.2, 0) is 26.1 Å². The van der Waals surface area contributed by atoms with Gasteiger partial charge in [-0.2, -0.15) is 0 Å². The number of carbonyl (C=O) groups excluding carboxylic acids is 1. The fourth-order valence-electron chi connectivity index (χ4n) is 2.92. The Morgan fingerprint density at radius 1 is 1.18 bits per heavy atom. The van der Waals surface area contributed by atoms with Gasteiger partial charge in [-0.1, -0.05) is 10.5 Å². The number of rotatable bonds is 2. The van der Waals surface area contributed by atoms with Crippen LogP contribution in [0.4, 0.5) is 5.69 Å². The van der Waals surface area contributed by atoms with Crippen molar-refractivity contribution in [2.45, 2.75) is 37.5 Å². The molecule has 1 aromatic rings. The highest BCUT2D eigenvalue weighted by Gasteiger charge is 2.29. The maximum Gasteiger partial charge on any atom is 0.265 e. The predicted octanol–water partition coefficient (Wildman–Crippen LogP) is 1.70. The summed E-state index contributed by atoms with van der Waals surface area (Å²) in [5.74, 6) is -0.0651. The van der Waals surface area contributed by atoms with E-state index in [4.69, 9.17) is 4.84 Å². The van der Waals surface area contributed by atoms with Crippen LogP contribution in [0.2, 0.25) is 0 Å². The van der Waals surface area contributed by atoms with Gasteiger partial charge in [-0.3, -0.25) is 9.63 Å².